The van der Waals surface area contributed by atoms with Crippen molar-refractivity contribution in [3.63, 3.8) is 0 Å². The summed E-state index contributed by atoms with van der Waals surface area (Å²) in [7, 11) is 0. The van der Waals surface area contributed by atoms with Crippen molar-refractivity contribution in [3.05, 3.63) is 65.7 Å². The summed E-state index contributed by atoms with van der Waals surface area (Å²) >= 11 is 0. The molecule has 0 saturated heterocycles. The Hall–Kier alpha value is -2.66. The van der Waals surface area contributed by atoms with Gasteiger partial charge >= 0.3 is 0 Å². The van der Waals surface area contributed by atoms with Gasteiger partial charge in [-0.15, -0.1) is 0 Å². The van der Waals surface area contributed by atoms with Crippen molar-refractivity contribution < 1.29 is 9.59 Å². The number of carbonyl (C=O) groups excluding carboxylic acids is 2. The Kier molecular flexibility index (Phi) is 5.06. The minimum Gasteiger partial charge on any atom is -0.366 e. The summed E-state index contributed by atoms with van der Waals surface area (Å²) < 4.78 is 0. The van der Waals surface area contributed by atoms with Gasteiger partial charge in [-0.05, 0) is 17.7 Å². The Morgan fingerprint density at radius 3 is 2.33 bits per heavy atom. The smallest absolute Gasteiger partial charge is 0.250 e. The standard InChI is InChI=1S/C16H17N3O2/c17-16(21)13-8-4-5-9-14(13)19-15(20)11-18-10-12-6-2-1-3-7-12/h1-9,18H,10-11H2,(H2,17,21)(H,19,20). The molecule has 0 aromatic heterocycles. The van der Waals surface area contributed by atoms with Gasteiger partial charge < -0.3 is 16.4 Å². The molecule has 2 rings (SSSR count). The summed E-state index contributed by atoms with van der Waals surface area (Å²) in [5, 5.41) is 5.72. The minimum atomic E-state index is -0.567. The monoisotopic (exact) mass is 283 g/mol. The number of nitrogens with two attached hydrogens (primary N) is 1. The lowest BCUT2D eigenvalue weighted by Crippen LogP contribution is -2.28. The molecule has 4 N–H and O–H groups in total. The molecule has 0 fully saturated rings. The molecule has 0 atom stereocenters. The van der Waals surface area contributed by atoms with E-state index < -0.39 is 5.91 Å². The van der Waals surface area contributed by atoms with Crippen molar-refractivity contribution >= 4 is 17.5 Å². The van der Waals surface area contributed by atoms with E-state index in [4.69, 9.17) is 5.73 Å². The van der Waals surface area contributed by atoms with Crippen molar-refractivity contribution in [2.24, 2.45) is 5.73 Å². The number of benzene rings is 2. The number of amides is 2. The summed E-state index contributed by atoms with van der Waals surface area (Å²) in [6, 6.07) is 16.4. The number of primary amides is 1. The number of hydrogen-bond donors (Lipinski definition) is 3. The van der Waals surface area contributed by atoms with Gasteiger partial charge in [0.05, 0.1) is 17.8 Å². The fourth-order valence-corrected chi connectivity index (χ4v) is 1.92. The van der Waals surface area contributed by atoms with E-state index in [1.54, 1.807) is 24.3 Å². The second kappa shape index (κ2) is 7.21. The quantitative estimate of drug-likeness (QED) is 0.751. The Morgan fingerprint density at radius 1 is 0.952 bits per heavy atom. The van der Waals surface area contributed by atoms with Crippen LogP contribution in [0, 0.1) is 0 Å². The van der Waals surface area contributed by atoms with Gasteiger partial charge in [0.2, 0.25) is 5.91 Å². The van der Waals surface area contributed by atoms with Crippen LogP contribution in [0.3, 0.4) is 0 Å². The van der Waals surface area contributed by atoms with Gasteiger partial charge in [0.25, 0.3) is 5.91 Å². The number of hydrogen-bond acceptors (Lipinski definition) is 3. The van der Waals surface area contributed by atoms with Crippen LogP contribution >= 0.6 is 0 Å². The van der Waals surface area contributed by atoms with Gasteiger partial charge in [0.15, 0.2) is 0 Å². The third-order valence-electron chi connectivity index (χ3n) is 2.92. The van der Waals surface area contributed by atoms with Crippen LogP contribution in [0.5, 0.6) is 0 Å². The maximum absolute atomic E-state index is 11.9. The average Bonchev–Trinajstić information content (AvgIpc) is 2.48. The van der Waals surface area contributed by atoms with E-state index in [2.05, 4.69) is 10.6 Å². The van der Waals surface area contributed by atoms with Crippen molar-refractivity contribution in [1.29, 1.82) is 0 Å². The molecule has 2 amide bonds. The molecule has 2 aromatic carbocycles. The van der Waals surface area contributed by atoms with Crippen LogP contribution in [0.4, 0.5) is 5.69 Å². The molecule has 2 aromatic rings. The molecule has 0 unspecified atom stereocenters. The topological polar surface area (TPSA) is 84.2 Å². The lowest BCUT2D eigenvalue weighted by molar-refractivity contribution is -0.115. The Labute approximate surface area is 123 Å². The van der Waals surface area contributed by atoms with Crippen LogP contribution in [0.25, 0.3) is 0 Å². The zero-order chi connectivity index (χ0) is 15.1. The third-order valence-corrected chi connectivity index (χ3v) is 2.92. The van der Waals surface area contributed by atoms with Gasteiger partial charge in [0.1, 0.15) is 0 Å². The molecule has 0 saturated carbocycles. The summed E-state index contributed by atoms with van der Waals surface area (Å²) in [5.74, 6) is -0.789. The number of nitrogens with one attached hydrogen (secondary N) is 2. The SMILES string of the molecule is NC(=O)c1ccccc1NC(=O)CNCc1ccccc1. The molecule has 0 heterocycles. The largest absolute Gasteiger partial charge is 0.366 e. The average molecular weight is 283 g/mol. The van der Waals surface area contributed by atoms with Crippen LogP contribution in [0.2, 0.25) is 0 Å². The lowest BCUT2D eigenvalue weighted by atomic mass is 10.1. The first-order chi connectivity index (χ1) is 10.2. The Morgan fingerprint density at radius 2 is 1.62 bits per heavy atom. The van der Waals surface area contributed by atoms with Gasteiger partial charge in [-0.1, -0.05) is 42.5 Å². The summed E-state index contributed by atoms with van der Waals surface area (Å²) in [6.45, 7) is 0.758. The van der Waals surface area contributed by atoms with E-state index >= 15 is 0 Å². The lowest BCUT2D eigenvalue weighted by Gasteiger charge is -2.09. The molecule has 0 radical (unpaired) electrons. The van der Waals surface area contributed by atoms with E-state index in [1.807, 2.05) is 30.3 Å². The Balaban J connectivity index is 1.86. The highest BCUT2D eigenvalue weighted by molar-refractivity contribution is 6.03. The molecule has 0 spiro atoms. The molecule has 5 nitrogen and oxygen atoms in total. The maximum atomic E-state index is 11.9. The number of para-hydroxylation sites is 1. The number of anilines is 1. The van der Waals surface area contributed by atoms with Crippen molar-refractivity contribution in [1.82, 2.24) is 5.32 Å². The van der Waals surface area contributed by atoms with E-state index in [9.17, 15) is 9.59 Å². The predicted octanol–water partition coefficient (Wildman–Crippen LogP) is 1.51. The predicted molar refractivity (Wildman–Crippen MR) is 81.7 cm³/mol. The summed E-state index contributed by atoms with van der Waals surface area (Å²) in [5.41, 5.74) is 7.09. The van der Waals surface area contributed by atoms with Gasteiger partial charge in [-0.25, -0.2) is 0 Å². The van der Waals surface area contributed by atoms with Gasteiger partial charge in [-0.2, -0.15) is 0 Å². The van der Waals surface area contributed by atoms with Crippen LogP contribution in [-0.2, 0) is 11.3 Å². The molecule has 21 heavy (non-hydrogen) atoms. The zero-order valence-corrected chi connectivity index (χ0v) is 11.5. The summed E-state index contributed by atoms with van der Waals surface area (Å²) in [6.07, 6.45) is 0. The molecular weight excluding hydrogens is 266 g/mol. The Bertz CT molecular complexity index is 626. The van der Waals surface area contributed by atoms with E-state index in [-0.39, 0.29) is 12.5 Å². The molecule has 108 valence electrons. The van der Waals surface area contributed by atoms with Gasteiger partial charge in [-0.3, -0.25) is 9.59 Å². The molecule has 5 heteroatoms. The fraction of sp³-hybridized carbons (Fsp3) is 0.125. The minimum absolute atomic E-state index is 0.155. The normalized spacial score (nSPS) is 10.1. The fourth-order valence-electron chi connectivity index (χ4n) is 1.92. The highest BCUT2D eigenvalue weighted by Gasteiger charge is 2.09. The van der Waals surface area contributed by atoms with Crippen LogP contribution < -0.4 is 16.4 Å². The molecule has 0 bridgehead atoms. The second-order valence-corrected chi connectivity index (χ2v) is 4.55. The van der Waals surface area contributed by atoms with E-state index in [0.717, 1.165) is 5.56 Å². The van der Waals surface area contributed by atoms with E-state index in [0.29, 0.717) is 17.8 Å². The highest BCUT2D eigenvalue weighted by atomic mass is 16.2. The second-order valence-electron chi connectivity index (χ2n) is 4.55. The van der Waals surface area contributed by atoms with Crippen molar-refractivity contribution in [2.75, 3.05) is 11.9 Å². The van der Waals surface area contributed by atoms with Crippen molar-refractivity contribution in [3.8, 4) is 0 Å². The van der Waals surface area contributed by atoms with E-state index in [1.165, 1.54) is 0 Å². The van der Waals surface area contributed by atoms with Crippen molar-refractivity contribution in [2.45, 2.75) is 6.54 Å². The van der Waals surface area contributed by atoms with Crippen LogP contribution in [0.15, 0.2) is 54.6 Å². The maximum Gasteiger partial charge on any atom is 0.250 e. The summed E-state index contributed by atoms with van der Waals surface area (Å²) in [4.78, 5) is 23.1. The number of carbonyl (C=O) groups is 2. The zero-order valence-electron chi connectivity index (χ0n) is 11.5. The van der Waals surface area contributed by atoms with Crippen LogP contribution in [-0.4, -0.2) is 18.4 Å². The first-order valence-electron chi connectivity index (χ1n) is 6.60. The molecular formula is C16H17N3O2. The third kappa shape index (κ3) is 4.43. The first kappa shape index (κ1) is 14.7. The van der Waals surface area contributed by atoms with Crippen LogP contribution in [0.1, 0.15) is 15.9 Å². The first-order valence-corrected chi connectivity index (χ1v) is 6.60. The highest BCUT2D eigenvalue weighted by Crippen LogP contribution is 2.13. The number of rotatable bonds is 6. The van der Waals surface area contributed by atoms with Gasteiger partial charge in [0, 0.05) is 6.54 Å². The molecule has 0 aliphatic rings. The molecule has 0 aliphatic carbocycles. The molecule has 0 aliphatic heterocycles.